The van der Waals surface area contributed by atoms with E-state index in [0.29, 0.717) is 35.1 Å². The van der Waals surface area contributed by atoms with Crippen molar-refractivity contribution in [3.63, 3.8) is 0 Å². The van der Waals surface area contributed by atoms with E-state index in [1.807, 2.05) is 97.1 Å². The Labute approximate surface area is 391 Å². The second kappa shape index (κ2) is 16.2. The first-order valence-electron chi connectivity index (χ1n) is 22.6. The van der Waals surface area contributed by atoms with Crippen molar-refractivity contribution in [2.75, 3.05) is 0 Å². The van der Waals surface area contributed by atoms with Gasteiger partial charge in [-0.25, -0.2) is 19.9 Å². The Morgan fingerprint density at radius 2 is 0.676 bits per heavy atom. The molecule has 9 aromatic carbocycles. The molecule has 0 bridgehead atoms. The molecule has 0 unspecified atom stereocenters. The Morgan fingerprint density at radius 1 is 0.250 bits per heavy atom. The summed E-state index contributed by atoms with van der Waals surface area (Å²) < 4.78 is 4.57. The van der Waals surface area contributed by atoms with E-state index in [0.717, 1.165) is 88.2 Å². The first-order chi connectivity index (χ1) is 33.7. The van der Waals surface area contributed by atoms with E-state index in [9.17, 15) is 0 Å². The molecular weight excluding hydrogens is 833 g/mol. The number of benzene rings is 9. The van der Waals surface area contributed by atoms with Crippen molar-refractivity contribution < 1.29 is 0 Å². The Hall–Kier alpha value is -9.40. The van der Waals surface area contributed by atoms with E-state index in [2.05, 4.69) is 143 Å². The lowest BCUT2D eigenvalue weighted by Crippen LogP contribution is -2.06. The van der Waals surface area contributed by atoms with Crippen LogP contribution in [0.2, 0.25) is 0 Å². The van der Waals surface area contributed by atoms with Crippen LogP contribution < -0.4 is 0 Å². The second-order valence-corrected chi connectivity index (χ2v) is 16.7. The van der Waals surface area contributed by atoms with Gasteiger partial charge >= 0.3 is 0 Å². The quantitative estimate of drug-likeness (QED) is 0.151. The van der Waals surface area contributed by atoms with Gasteiger partial charge in [0.05, 0.1) is 22.1 Å². The number of fused-ring (bicyclic) bond motifs is 7. The van der Waals surface area contributed by atoms with Crippen LogP contribution in [0.1, 0.15) is 0 Å². The van der Waals surface area contributed by atoms with Crippen molar-refractivity contribution in [1.29, 1.82) is 0 Å². The van der Waals surface area contributed by atoms with Crippen LogP contribution in [0.5, 0.6) is 0 Å². The largest absolute Gasteiger partial charge is 0.309 e. The number of rotatable bonds is 8. The Morgan fingerprint density at radius 3 is 1.26 bits per heavy atom. The topological polar surface area (TPSA) is 87.2 Å². The molecule has 8 nitrogen and oxygen atoms in total. The summed E-state index contributed by atoms with van der Waals surface area (Å²) in [7, 11) is 0. The molecule has 0 saturated carbocycles. The number of hydrogen-bond acceptors (Lipinski definition) is 6. The van der Waals surface area contributed by atoms with Crippen molar-refractivity contribution in [2.24, 2.45) is 0 Å². The first-order valence-corrected chi connectivity index (χ1v) is 22.6. The monoisotopic (exact) mass is 870 g/mol. The highest BCUT2D eigenvalue weighted by Crippen LogP contribution is 2.42. The lowest BCUT2D eigenvalue weighted by Gasteiger charge is -2.12. The minimum Gasteiger partial charge on any atom is -0.309 e. The zero-order chi connectivity index (χ0) is 45.0. The predicted molar refractivity (Wildman–Crippen MR) is 275 cm³/mol. The summed E-state index contributed by atoms with van der Waals surface area (Å²) >= 11 is 0. The normalized spacial score (nSPS) is 11.5. The van der Waals surface area contributed by atoms with Gasteiger partial charge in [-0.15, -0.1) is 0 Å². The van der Waals surface area contributed by atoms with Gasteiger partial charge in [0, 0.05) is 55.0 Å². The van der Waals surface area contributed by atoms with Gasteiger partial charge in [-0.1, -0.05) is 194 Å². The summed E-state index contributed by atoms with van der Waals surface area (Å²) in [5, 5.41) is 4.42. The Bertz CT molecular complexity index is 3960. The lowest BCUT2D eigenvalue weighted by atomic mass is 10.0. The van der Waals surface area contributed by atoms with Gasteiger partial charge in [0.25, 0.3) is 0 Å². The van der Waals surface area contributed by atoms with E-state index < -0.39 is 0 Å². The Kier molecular flexibility index (Phi) is 9.31. The molecule has 0 saturated heterocycles. The van der Waals surface area contributed by atoms with Crippen molar-refractivity contribution in [2.45, 2.75) is 0 Å². The van der Waals surface area contributed by atoms with Crippen LogP contribution in [-0.4, -0.2) is 39.0 Å². The van der Waals surface area contributed by atoms with Gasteiger partial charge in [-0.2, -0.15) is 9.97 Å². The zero-order valence-electron chi connectivity index (χ0n) is 36.5. The molecule has 68 heavy (non-hydrogen) atoms. The van der Waals surface area contributed by atoms with E-state index in [1.54, 1.807) is 0 Å². The molecule has 4 aromatic heterocycles. The van der Waals surface area contributed by atoms with Gasteiger partial charge in [0.2, 0.25) is 5.95 Å². The van der Waals surface area contributed by atoms with Crippen molar-refractivity contribution in [1.82, 2.24) is 39.0 Å². The molecule has 0 fully saturated rings. The fraction of sp³-hybridized carbons (Fsp3) is 0. The molecular formula is C60H38N8. The second-order valence-electron chi connectivity index (χ2n) is 16.7. The Balaban J connectivity index is 1.03. The third-order valence-corrected chi connectivity index (χ3v) is 12.6. The average molecular weight is 871 g/mol. The molecule has 0 spiro atoms. The highest BCUT2D eigenvalue weighted by atomic mass is 15.2. The van der Waals surface area contributed by atoms with Gasteiger partial charge in [-0.05, 0) is 47.5 Å². The molecule has 0 amide bonds. The summed E-state index contributed by atoms with van der Waals surface area (Å²) in [6, 6.07) is 79.3. The lowest BCUT2D eigenvalue weighted by molar-refractivity contribution is 0.955. The zero-order valence-corrected chi connectivity index (χ0v) is 36.5. The van der Waals surface area contributed by atoms with Crippen molar-refractivity contribution in [3.05, 3.63) is 231 Å². The molecule has 0 aliphatic heterocycles. The minimum absolute atomic E-state index is 0.546. The van der Waals surface area contributed by atoms with E-state index in [-0.39, 0.29) is 0 Å². The molecule has 8 heteroatoms. The predicted octanol–water partition coefficient (Wildman–Crippen LogP) is 14.3. The molecule has 0 atom stereocenters. The molecule has 0 aliphatic carbocycles. The molecule has 4 heterocycles. The summed E-state index contributed by atoms with van der Waals surface area (Å²) in [5.74, 6) is 3.55. The summed E-state index contributed by atoms with van der Waals surface area (Å²) in [5.41, 5.74) is 11.9. The van der Waals surface area contributed by atoms with E-state index in [1.165, 1.54) is 0 Å². The highest BCUT2D eigenvalue weighted by molar-refractivity contribution is 6.26. The van der Waals surface area contributed by atoms with Crippen molar-refractivity contribution >= 4 is 43.6 Å². The van der Waals surface area contributed by atoms with Crippen LogP contribution in [0.25, 0.3) is 123 Å². The van der Waals surface area contributed by atoms with Crippen LogP contribution in [-0.2, 0) is 0 Å². The summed E-state index contributed by atoms with van der Waals surface area (Å²) in [6.07, 6.45) is 0. The molecule has 13 rings (SSSR count). The minimum atomic E-state index is 0.546. The van der Waals surface area contributed by atoms with Crippen LogP contribution in [0.3, 0.4) is 0 Å². The van der Waals surface area contributed by atoms with E-state index in [4.69, 9.17) is 29.9 Å². The van der Waals surface area contributed by atoms with Gasteiger partial charge < -0.3 is 4.57 Å². The first kappa shape index (κ1) is 39.0. The SMILES string of the molecule is c1ccc(-c2cccc(-c3nc(-c4ccccc4)nc(-c4cccc(-n5c6ccccc6c6c5ccc5c7ccccc7n(-c7nc(-c8ccccc8)nc(-c8ccccc8)n7)c56)c4)n3)c2)cc1. The fourth-order valence-corrected chi connectivity index (χ4v) is 9.49. The standard InChI is InChI=1S/C60H38N8/c1-5-19-39(20-6-1)43-27-17-28-44(37-43)58-61-55(40-21-7-2-8-22-40)62-59(64-58)45-29-18-30-46(38-45)67-51-34-16-14-32-49(51)53-52(67)36-35-48-47-31-13-15-33-50(47)68(54(48)53)60-65-56(41-23-9-3-10-24-41)63-57(66-60)42-25-11-4-12-26-42/h1-38H. The highest BCUT2D eigenvalue weighted by Gasteiger charge is 2.24. The molecule has 318 valence electrons. The smallest absolute Gasteiger partial charge is 0.238 e. The average Bonchev–Trinajstić information content (AvgIpc) is 3.95. The maximum Gasteiger partial charge on any atom is 0.238 e. The van der Waals surface area contributed by atoms with Crippen LogP contribution in [0.15, 0.2) is 231 Å². The van der Waals surface area contributed by atoms with Gasteiger partial charge in [0.15, 0.2) is 29.1 Å². The molecule has 0 N–H and O–H groups in total. The third kappa shape index (κ3) is 6.70. The molecule has 0 aliphatic rings. The number of aromatic nitrogens is 8. The van der Waals surface area contributed by atoms with Crippen LogP contribution >= 0.6 is 0 Å². The maximum absolute atomic E-state index is 5.26. The summed E-state index contributed by atoms with van der Waals surface area (Å²) in [6.45, 7) is 0. The number of nitrogens with zero attached hydrogens (tertiary/aromatic N) is 8. The summed E-state index contributed by atoms with van der Waals surface area (Å²) in [4.78, 5) is 31.0. The third-order valence-electron chi connectivity index (χ3n) is 12.6. The van der Waals surface area contributed by atoms with E-state index >= 15 is 0 Å². The van der Waals surface area contributed by atoms with Crippen LogP contribution in [0, 0.1) is 0 Å². The molecule has 0 radical (unpaired) electrons. The number of hydrogen-bond donors (Lipinski definition) is 0. The number of para-hydroxylation sites is 2. The maximum atomic E-state index is 5.26. The van der Waals surface area contributed by atoms with Gasteiger partial charge in [-0.3, -0.25) is 4.57 Å². The van der Waals surface area contributed by atoms with Crippen LogP contribution in [0.4, 0.5) is 0 Å². The fourth-order valence-electron chi connectivity index (χ4n) is 9.49. The van der Waals surface area contributed by atoms with Crippen molar-refractivity contribution in [3.8, 4) is 79.7 Å². The molecule has 13 aromatic rings. The van der Waals surface area contributed by atoms with Gasteiger partial charge in [0.1, 0.15) is 0 Å².